The summed E-state index contributed by atoms with van der Waals surface area (Å²) in [6.07, 6.45) is 8.02. The van der Waals surface area contributed by atoms with E-state index in [0.29, 0.717) is 22.7 Å². The van der Waals surface area contributed by atoms with Crippen molar-refractivity contribution in [1.82, 2.24) is 0 Å². The minimum atomic E-state index is 0.407. The van der Waals surface area contributed by atoms with Crippen LogP contribution in [0.1, 0.15) is 116 Å². The largest absolute Gasteiger partial charge is 0.0628 e. The van der Waals surface area contributed by atoms with E-state index in [0.717, 1.165) is 29.6 Å². The molecule has 0 fully saturated rings. The fraction of sp³-hybridized carbons (Fsp3) is 0.963. The van der Waals surface area contributed by atoms with Crippen LogP contribution < -0.4 is 0 Å². The first-order chi connectivity index (χ1) is 12.1. The van der Waals surface area contributed by atoms with Crippen molar-refractivity contribution in [3.63, 3.8) is 0 Å². The fourth-order valence-corrected chi connectivity index (χ4v) is 5.07. The highest BCUT2D eigenvalue weighted by molar-refractivity contribution is 4.90. The first-order valence-electron chi connectivity index (χ1n) is 12.0. The Morgan fingerprint density at radius 3 is 1.59 bits per heavy atom. The van der Waals surface area contributed by atoms with Crippen molar-refractivity contribution in [3.05, 3.63) is 6.42 Å². The van der Waals surface area contributed by atoms with Crippen molar-refractivity contribution in [2.75, 3.05) is 0 Å². The molecule has 0 N–H and O–H groups in total. The van der Waals surface area contributed by atoms with Crippen LogP contribution in [0.4, 0.5) is 0 Å². The molecule has 0 aromatic rings. The van der Waals surface area contributed by atoms with E-state index in [2.05, 4.69) is 96.4 Å². The van der Waals surface area contributed by atoms with Gasteiger partial charge in [-0.25, -0.2) is 0 Å². The maximum atomic E-state index is 2.62. The van der Waals surface area contributed by atoms with Crippen molar-refractivity contribution in [2.45, 2.75) is 116 Å². The van der Waals surface area contributed by atoms with Gasteiger partial charge in [0.25, 0.3) is 0 Å². The lowest BCUT2D eigenvalue weighted by atomic mass is 9.62. The van der Waals surface area contributed by atoms with Gasteiger partial charge in [-0.2, -0.15) is 0 Å². The van der Waals surface area contributed by atoms with E-state index in [1.807, 2.05) is 0 Å². The van der Waals surface area contributed by atoms with Gasteiger partial charge in [0.15, 0.2) is 0 Å². The second kappa shape index (κ2) is 11.3. The molecule has 163 valence electrons. The van der Waals surface area contributed by atoms with Crippen molar-refractivity contribution in [1.29, 1.82) is 0 Å². The van der Waals surface area contributed by atoms with Crippen molar-refractivity contribution in [2.24, 2.45) is 52.3 Å². The van der Waals surface area contributed by atoms with Gasteiger partial charge in [0, 0.05) is 0 Å². The third-order valence-electron chi connectivity index (χ3n) is 7.73. The summed E-state index contributed by atoms with van der Waals surface area (Å²) >= 11 is 0. The molecule has 0 nitrogen and oxygen atoms in total. The zero-order valence-electron chi connectivity index (χ0n) is 21.4. The molecular formula is C27H55. The maximum Gasteiger partial charge on any atom is -0.0300 e. The SMILES string of the molecule is CC(C)CC(C)(CCC(C)(C)C(CC(C)[CH]C(C)C(C)C)C(C)C)C(C)C. The Balaban J connectivity index is 5.12. The van der Waals surface area contributed by atoms with E-state index >= 15 is 0 Å². The Kier molecular flexibility index (Phi) is 11.3. The molecule has 0 saturated heterocycles. The first kappa shape index (κ1) is 27.0. The molecule has 0 aromatic carbocycles. The Labute approximate surface area is 174 Å². The van der Waals surface area contributed by atoms with Crippen LogP contribution in [-0.2, 0) is 0 Å². The summed E-state index contributed by atoms with van der Waals surface area (Å²) < 4.78 is 0. The Morgan fingerprint density at radius 1 is 0.704 bits per heavy atom. The third kappa shape index (κ3) is 9.36. The Morgan fingerprint density at radius 2 is 1.22 bits per heavy atom. The highest BCUT2D eigenvalue weighted by Crippen LogP contribution is 2.47. The van der Waals surface area contributed by atoms with E-state index in [-0.39, 0.29) is 0 Å². The van der Waals surface area contributed by atoms with Crippen LogP contribution in [0.25, 0.3) is 0 Å². The monoisotopic (exact) mass is 379 g/mol. The van der Waals surface area contributed by atoms with Crippen LogP contribution in [0.3, 0.4) is 0 Å². The zero-order valence-corrected chi connectivity index (χ0v) is 21.4. The fourth-order valence-electron chi connectivity index (χ4n) is 5.07. The highest BCUT2D eigenvalue weighted by Gasteiger charge is 2.37. The van der Waals surface area contributed by atoms with E-state index in [9.17, 15) is 0 Å². The summed E-state index contributed by atoms with van der Waals surface area (Å²) in [5, 5.41) is 0. The molecule has 0 aliphatic heterocycles. The number of hydrogen-bond acceptors (Lipinski definition) is 0. The molecule has 0 aromatic heterocycles. The average molecular weight is 380 g/mol. The van der Waals surface area contributed by atoms with Gasteiger partial charge in [0.05, 0.1) is 0 Å². The van der Waals surface area contributed by atoms with Gasteiger partial charge < -0.3 is 0 Å². The first-order valence-corrected chi connectivity index (χ1v) is 12.0. The van der Waals surface area contributed by atoms with Crippen LogP contribution in [0.2, 0.25) is 0 Å². The second-order valence-corrected chi connectivity index (χ2v) is 12.3. The molecule has 0 aliphatic carbocycles. The molecule has 0 rings (SSSR count). The van der Waals surface area contributed by atoms with Gasteiger partial charge in [0.1, 0.15) is 0 Å². The van der Waals surface area contributed by atoms with E-state index in [4.69, 9.17) is 0 Å². The predicted molar refractivity (Wildman–Crippen MR) is 126 cm³/mol. The van der Waals surface area contributed by atoms with Crippen LogP contribution >= 0.6 is 0 Å². The van der Waals surface area contributed by atoms with Crippen LogP contribution in [0, 0.1) is 58.7 Å². The molecule has 27 heavy (non-hydrogen) atoms. The van der Waals surface area contributed by atoms with Gasteiger partial charge in [-0.1, -0.05) is 90.0 Å². The van der Waals surface area contributed by atoms with Crippen molar-refractivity contribution >= 4 is 0 Å². The molecule has 0 bridgehead atoms. The lowest BCUT2D eigenvalue weighted by Gasteiger charge is -2.43. The lowest BCUT2D eigenvalue weighted by molar-refractivity contribution is 0.0738. The maximum absolute atomic E-state index is 2.62. The van der Waals surface area contributed by atoms with Gasteiger partial charge in [0.2, 0.25) is 0 Å². The topological polar surface area (TPSA) is 0 Å². The Hall–Kier alpha value is 0. The Bertz CT molecular complexity index is 387. The van der Waals surface area contributed by atoms with Crippen LogP contribution in [0.15, 0.2) is 0 Å². The van der Waals surface area contributed by atoms with Crippen LogP contribution in [-0.4, -0.2) is 0 Å². The molecule has 0 heterocycles. The molecule has 4 unspecified atom stereocenters. The number of rotatable bonds is 13. The average Bonchev–Trinajstić information content (AvgIpc) is 2.49. The van der Waals surface area contributed by atoms with Gasteiger partial charge in [-0.05, 0) is 84.4 Å². The second-order valence-electron chi connectivity index (χ2n) is 12.3. The van der Waals surface area contributed by atoms with Crippen molar-refractivity contribution in [3.8, 4) is 0 Å². The van der Waals surface area contributed by atoms with E-state index < -0.39 is 0 Å². The molecule has 0 amide bonds. The highest BCUT2D eigenvalue weighted by atomic mass is 14.4. The zero-order chi connectivity index (χ0) is 21.6. The van der Waals surface area contributed by atoms with E-state index in [1.54, 1.807) is 0 Å². The smallest absolute Gasteiger partial charge is 0.0300 e. The standard InChI is InChI=1S/C27H55/c1-19(2)18-27(13,22(7)8)15-14-26(11,12)25(21(5)6)17-23(9)16-24(10)20(3)4/h16,19-25H,14-15,17-18H2,1-13H3. The summed E-state index contributed by atoms with van der Waals surface area (Å²) in [6, 6.07) is 0. The van der Waals surface area contributed by atoms with Gasteiger partial charge >= 0.3 is 0 Å². The summed E-state index contributed by atoms with van der Waals surface area (Å²) in [6.45, 7) is 31.7. The third-order valence-corrected chi connectivity index (χ3v) is 7.73. The minimum absolute atomic E-state index is 0.407. The quantitative estimate of drug-likeness (QED) is 0.299. The molecule has 1 radical (unpaired) electrons. The van der Waals surface area contributed by atoms with Crippen LogP contribution in [0.5, 0.6) is 0 Å². The molecule has 0 aliphatic rings. The molecular weight excluding hydrogens is 324 g/mol. The van der Waals surface area contributed by atoms with E-state index in [1.165, 1.54) is 25.7 Å². The summed E-state index contributed by atoms with van der Waals surface area (Å²) in [5.74, 6) is 5.26. The molecule has 0 saturated carbocycles. The normalized spacial score (nSPS) is 19.0. The van der Waals surface area contributed by atoms with Gasteiger partial charge in [-0.3, -0.25) is 0 Å². The molecule has 0 heteroatoms. The molecule has 4 atom stereocenters. The summed E-state index contributed by atoms with van der Waals surface area (Å²) in [5.41, 5.74) is 0.876. The molecule has 0 spiro atoms. The summed E-state index contributed by atoms with van der Waals surface area (Å²) in [7, 11) is 0. The van der Waals surface area contributed by atoms with Crippen molar-refractivity contribution < 1.29 is 0 Å². The van der Waals surface area contributed by atoms with Gasteiger partial charge in [-0.15, -0.1) is 0 Å². The predicted octanol–water partition coefficient (Wildman–Crippen LogP) is 9.30. The number of hydrogen-bond donors (Lipinski definition) is 0. The minimum Gasteiger partial charge on any atom is -0.0628 e. The summed E-state index contributed by atoms with van der Waals surface area (Å²) in [4.78, 5) is 0. The lowest BCUT2D eigenvalue weighted by Crippen LogP contribution is -2.34.